The van der Waals surface area contributed by atoms with Gasteiger partial charge in [0, 0.05) is 31.6 Å². The lowest BCUT2D eigenvalue weighted by atomic mass is 10.0. The molecular formula is C30H34Cl2N4O7S. The molecule has 2 amide bonds. The minimum Gasteiger partial charge on any atom is -0.495 e. The van der Waals surface area contributed by atoms with Crippen LogP contribution in [0.1, 0.15) is 30.9 Å². The minimum absolute atomic E-state index is 0.00278. The number of unbranched alkanes of at least 4 members (excludes halogenated alkanes) is 1. The van der Waals surface area contributed by atoms with Gasteiger partial charge in [-0.3, -0.25) is 24.0 Å². The number of hydrogen-bond acceptors (Lipinski definition) is 7. The van der Waals surface area contributed by atoms with Crippen molar-refractivity contribution in [3.8, 4) is 5.75 Å². The monoisotopic (exact) mass is 664 g/mol. The van der Waals surface area contributed by atoms with Crippen LogP contribution in [0, 0.1) is 10.1 Å². The first-order chi connectivity index (χ1) is 20.8. The van der Waals surface area contributed by atoms with E-state index in [0.29, 0.717) is 17.1 Å². The number of nitrogens with zero attached hydrogens (tertiary/aromatic N) is 3. The Hall–Kier alpha value is -3.87. The van der Waals surface area contributed by atoms with E-state index in [1.165, 1.54) is 18.1 Å². The van der Waals surface area contributed by atoms with Crippen molar-refractivity contribution >= 4 is 56.4 Å². The van der Waals surface area contributed by atoms with E-state index in [4.69, 9.17) is 27.9 Å². The summed E-state index contributed by atoms with van der Waals surface area (Å²) in [5.41, 5.74) is 0.729. The smallest absolute Gasteiger partial charge is 0.271 e. The molecule has 1 N–H and O–H groups in total. The normalized spacial score (nSPS) is 11.8. The standard InChI is InChI=1S/C30H34Cl2N4O7S/c1-4-5-15-33-30(38)27(17-21-9-7-6-8-10-21)34(19-22-11-13-24(31)25(32)16-22)29(37)20-35(44(3,41)42)26-18-23(36(39)40)12-14-28(26)43-2/h6-14,16,18,27H,4-5,15,17,19-20H2,1-3H3,(H,33,38)/t27-/m0/s1. The van der Waals surface area contributed by atoms with Crippen molar-refractivity contribution in [1.29, 1.82) is 0 Å². The van der Waals surface area contributed by atoms with E-state index in [1.807, 2.05) is 37.3 Å². The number of ether oxygens (including phenoxy) is 1. The number of anilines is 1. The van der Waals surface area contributed by atoms with Crippen LogP contribution >= 0.6 is 23.2 Å². The summed E-state index contributed by atoms with van der Waals surface area (Å²) in [4.78, 5) is 40.0. The van der Waals surface area contributed by atoms with Crippen molar-refractivity contribution in [3.05, 3.63) is 98.0 Å². The first kappa shape index (κ1) is 34.6. The molecule has 1 atom stereocenters. The van der Waals surface area contributed by atoms with Gasteiger partial charge in [-0.25, -0.2) is 8.42 Å². The molecule has 0 fully saturated rings. The fraction of sp³-hybridized carbons (Fsp3) is 0.333. The van der Waals surface area contributed by atoms with Crippen molar-refractivity contribution in [2.24, 2.45) is 0 Å². The van der Waals surface area contributed by atoms with Gasteiger partial charge in [0.15, 0.2) is 0 Å². The summed E-state index contributed by atoms with van der Waals surface area (Å²) < 4.78 is 32.2. The summed E-state index contributed by atoms with van der Waals surface area (Å²) in [6, 6.07) is 16.3. The van der Waals surface area contributed by atoms with Crippen molar-refractivity contribution in [3.63, 3.8) is 0 Å². The number of rotatable bonds is 15. The predicted octanol–water partition coefficient (Wildman–Crippen LogP) is 5.23. The lowest BCUT2D eigenvalue weighted by Crippen LogP contribution is -2.53. The highest BCUT2D eigenvalue weighted by Crippen LogP contribution is 2.34. The number of nitrogens with one attached hydrogen (secondary N) is 1. The van der Waals surface area contributed by atoms with E-state index >= 15 is 0 Å². The number of methoxy groups -OCH3 is 1. The minimum atomic E-state index is -4.19. The lowest BCUT2D eigenvalue weighted by Gasteiger charge is -2.33. The lowest BCUT2D eigenvalue weighted by molar-refractivity contribution is -0.384. The van der Waals surface area contributed by atoms with Gasteiger partial charge in [-0.2, -0.15) is 0 Å². The van der Waals surface area contributed by atoms with E-state index in [2.05, 4.69) is 5.32 Å². The molecule has 3 rings (SSSR count). The highest BCUT2D eigenvalue weighted by Gasteiger charge is 2.34. The molecule has 44 heavy (non-hydrogen) atoms. The molecule has 0 saturated heterocycles. The Balaban J connectivity index is 2.13. The molecule has 14 heteroatoms. The zero-order valence-corrected chi connectivity index (χ0v) is 26.9. The molecule has 0 aliphatic rings. The number of sulfonamides is 1. The first-order valence-electron chi connectivity index (χ1n) is 13.7. The quantitative estimate of drug-likeness (QED) is 0.133. The molecule has 0 saturated carbocycles. The van der Waals surface area contributed by atoms with Crippen LogP contribution in [0.25, 0.3) is 0 Å². The molecular weight excluding hydrogens is 631 g/mol. The van der Waals surface area contributed by atoms with Crippen LogP contribution in [-0.4, -0.2) is 62.6 Å². The Kier molecular flexibility index (Phi) is 12.4. The van der Waals surface area contributed by atoms with Gasteiger partial charge in [0.1, 0.15) is 24.0 Å². The highest BCUT2D eigenvalue weighted by atomic mass is 35.5. The largest absolute Gasteiger partial charge is 0.495 e. The number of halogens is 2. The molecule has 0 spiro atoms. The molecule has 236 valence electrons. The van der Waals surface area contributed by atoms with Crippen LogP contribution in [0.3, 0.4) is 0 Å². The molecule has 0 aliphatic carbocycles. The van der Waals surface area contributed by atoms with Crippen LogP contribution in [-0.2, 0) is 32.6 Å². The fourth-order valence-electron chi connectivity index (χ4n) is 4.48. The topological polar surface area (TPSA) is 139 Å². The number of amides is 2. The van der Waals surface area contributed by atoms with Crippen LogP contribution < -0.4 is 14.4 Å². The summed E-state index contributed by atoms with van der Waals surface area (Å²) in [7, 11) is -2.91. The van der Waals surface area contributed by atoms with Gasteiger partial charge < -0.3 is 15.0 Å². The van der Waals surface area contributed by atoms with E-state index in [9.17, 15) is 28.1 Å². The van der Waals surface area contributed by atoms with Crippen molar-refractivity contribution < 1.29 is 27.7 Å². The van der Waals surface area contributed by atoms with Gasteiger partial charge >= 0.3 is 0 Å². The zero-order valence-electron chi connectivity index (χ0n) is 24.5. The van der Waals surface area contributed by atoms with Crippen LogP contribution in [0.2, 0.25) is 10.0 Å². The zero-order chi connectivity index (χ0) is 32.4. The summed E-state index contributed by atoms with van der Waals surface area (Å²) in [5.74, 6) is -1.15. The molecule has 3 aromatic carbocycles. The Bertz CT molecular complexity index is 1590. The number of nitro groups is 1. The third-order valence-corrected chi connectivity index (χ3v) is 8.62. The van der Waals surface area contributed by atoms with Gasteiger partial charge in [-0.15, -0.1) is 0 Å². The summed E-state index contributed by atoms with van der Waals surface area (Å²) >= 11 is 12.4. The SMILES string of the molecule is CCCCNC(=O)[C@H](Cc1ccccc1)N(Cc1ccc(Cl)c(Cl)c1)C(=O)CN(c1cc([N+](=O)[O-])ccc1OC)S(C)(=O)=O. The van der Waals surface area contributed by atoms with Gasteiger partial charge in [0.25, 0.3) is 5.69 Å². The van der Waals surface area contributed by atoms with Gasteiger partial charge in [-0.05, 0) is 35.7 Å². The van der Waals surface area contributed by atoms with E-state index in [-0.39, 0.29) is 29.4 Å². The van der Waals surface area contributed by atoms with E-state index in [1.54, 1.807) is 18.2 Å². The van der Waals surface area contributed by atoms with Crippen LogP contribution in [0.4, 0.5) is 11.4 Å². The van der Waals surface area contributed by atoms with Crippen LogP contribution in [0.15, 0.2) is 66.7 Å². The molecule has 0 radical (unpaired) electrons. The predicted molar refractivity (Wildman–Crippen MR) is 171 cm³/mol. The maximum atomic E-state index is 14.2. The molecule has 3 aromatic rings. The number of nitro benzene ring substituents is 1. The van der Waals surface area contributed by atoms with Crippen molar-refractivity contribution in [2.75, 3.05) is 30.8 Å². The third-order valence-electron chi connectivity index (χ3n) is 6.76. The second-order valence-electron chi connectivity index (χ2n) is 10.0. The van der Waals surface area contributed by atoms with Crippen molar-refractivity contribution in [2.45, 2.75) is 38.8 Å². The number of carbonyl (C=O) groups excluding carboxylic acids is 2. The summed E-state index contributed by atoms with van der Waals surface area (Å²) in [6.07, 6.45) is 2.56. The average Bonchev–Trinajstić information content (AvgIpc) is 2.99. The van der Waals surface area contributed by atoms with E-state index in [0.717, 1.165) is 41.1 Å². The van der Waals surface area contributed by atoms with Crippen molar-refractivity contribution in [1.82, 2.24) is 10.2 Å². The maximum absolute atomic E-state index is 14.2. The number of hydrogen-bond donors (Lipinski definition) is 1. The first-order valence-corrected chi connectivity index (χ1v) is 16.3. The molecule has 0 aromatic heterocycles. The average molecular weight is 666 g/mol. The highest BCUT2D eigenvalue weighted by molar-refractivity contribution is 7.92. The maximum Gasteiger partial charge on any atom is 0.271 e. The summed E-state index contributed by atoms with van der Waals surface area (Å²) in [5, 5.41) is 14.9. The van der Waals surface area contributed by atoms with Gasteiger partial charge in [0.2, 0.25) is 21.8 Å². The number of carbonyl (C=O) groups is 2. The number of non-ortho nitro benzene ring substituents is 1. The second kappa shape index (κ2) is 15.7. The molecule has 0 unspecified atom stereocenters. The Morgan fingerprint density at radius 2 is 1.73 bits per heavy atom. The number of benzene rings is 3. The molecule has 0 heterocycles. The van der Waals surface area contributed by atoms with E-state index < -0.39 is 45.0 Å². The Morgan fingerprint density at radius 1 is 1.02 bits per heavy atom. The van der Waals surface area contributed by atoms with Gasteiger partial charge in [-0.1, -0.05) is 72.9 Å². The second-order valence-corrected chi connectivity index (χ2v) is 12.7. The van der Waals surface area contributed by atoms with Crippen LogP contribution in [0.5, 0.6) is 5.75 Å². The molecule has 0 bridgehead atoms. The molecule has 11 nitrogen and oxygen atoms in total. The Labute approximate surface area is 266 Å². The fourth-order valence-corrected chi connectivity index (χ4v) is 5.64. The summed E-state index contributed by atoms with van der Waals surface area (Å²) in [6.45, 7) is 1.48. The van der Waals surface area contributed by atoms with Gasteiger partial charge in [0.05, 0.1) is 28.3 Å². The Morgan fingerprint density at radius 3 is 2.32 bits per heavy atom. The molecule has 0 aliphatic heterocycles. The third kappa shape index (κ3) is 9.31.